The van der Waals surface area contributed by atoms with Crippen molar-refractivity contribution in [3.05, 3.63) is 57.9 Å². The van der Waals surface area contributed by atoms with Gasteiger partial charge in [-0.25, -0.2) is 4.98 Å². The fourth-order valence-electron chi connectivity index (χ4n) is 3.79. The van der Waals surface area contributed by atoms with Crippen molar-refractivity contribution < 1.29 is 4.79 Å². The van der Waals surface area contributed by atoms with E-state index in [0.717, 1.165) is 59.3 Å². The first-order chi connectivity index (χ1) is 13.7. The highest BCUT2D eigenvalue weighted by Gasteiger charge is 2.23. The molecule has 0 saturated carbocycles. The molecule has 0 bridgehead atoms. The number of aryl methyl sites for hydroxylation is 1. The van der Waals surface area contributed by atoms with E-state index in [0.29, 0.717) is 0 Å². The van der Waals surface area contributed by atoms with Crippen LogP contribution in [0, 0.1) is 6.92 Å². The van der Waals surface area contributed by atoms with Gasteiger partial charge in [-0.1, -0.05) is 29.8 Å². The Morgan fingerprint density at radius 3 is 2.86 bits per heavy atom. The van der Waals surface area contributed by atoms with E-state index in [1.807, 2.05) is 22.5 Å². The van der Waals surface area contributed by atoms with Crippen molar-refractivity contribution in [2.24, 2.45) is 0 Å². The summed E-state index contributed by atoms with van der Waals surface area (Å²) in [5, 5.41) is 2.03. The fraction of sp³-hybridized carbons (Fsp3) is 0.333. The zero-order valence-electron chi connectivity index (χ0n) is 15.8. The van der Waals surface area contributed by atoms with E-state index in [9.17, 15) is 4.79 Å². The number of thiophene rings is 1. The van der Waals surface area contributed by atoms with Gasteiger partial charge in [-0.05, 0) is 25.0 Å². The second-order valence-electron chi connectivity index (χ2n) is 7.38. The van der Waals surface area contributed by atoms with Crippen LogP contribution in [0.4, 0.5) is 0 Å². The van der Waals surface area contributed by atoms with Gasteiger partial charge in [0, 0.05) is 44.3 Å². The quantitative estimate of drug-likeness (QED) is 0.507. The summed E-state index contributed by atoms with van der Waals surface area (Å²) < 4.78 is 2.07. The molecule has 0 radical (unpaired) electrons. The van der Waals surface area contributed by atoms with E-state index < -0.39 is 0 Å². The lowest BCUT2D eigenvalue weighted by atomic mass is 10.1. The topological polar surface area (TPSA) is 40.8 Å². The van der Waals surface area contributed by atoms with Crippen molar-refractivity contribution in [1.29, 1.82) is 0 Å². The average Bonchev–Trinajstić information content (AvgIpc) is 3.32. The van der Waals surface area contributed by atoms with Crippen molar-refractivity contribution in [3.8, 4) is 0 Å². The van der Waals surface area contributed by atoms with Crippen molar-refractivity contribution in [3.63, 3.8) is 0 Å². The molecule has 1 amide bonds. The van der Waals surface area contributed by atoms with Crippen molar-refractivity contribution in [1.82, 2.24) is 19.2 Å². The third kappa shape index (κ3) is 3.34. The smallest absolute Gasteiger partial charge is 0.264 e. The Labute approximate surface area is 171 Å². The van der Waals surface area contributed by atoms with Gasteiger partial charge in [0.25, 0.3) is 5.91 Å². The number of nitrogens with zero attached hydrogens (tertiary/aromatic N) is 4. The maximum atomic E-state index is 13.1. The lowest BCUT2D eigenvalue weighted by Gasteiger charge is -2.21. The first kappa shape index (κ1) is 17.8. The number of imidazole rings is 1. The summed E-state index contributed by atoms with van der Waals surface area (Å²) in [6, 6.07) is 10.7. The van der Waals surface area contributed by atoms with Gasteiger partial charge in [0.05, 0.1) is 10.4 Å². The number of thiazole rings is 1. The predicted molar refractivity (Wildman–Crippen MR) is 115 cm³/mol. The van der Waals surface area contributed by atoms with Crippen LogP contribution in [0.1, 0.15) is 27.2 Å². The monoisotopic (exact) mass is 410 g/mol. The Hall–Kier alpha value is -2.22. The van der Waals surface area contributed by atoms with Gasteiger partial charge in [0.15, 0.2) is 4.96 Å². The van der Waals surface area contributed by atoms with Crippen LogP contribution < -0.4 is 0 Å². The van der Waals surface area contributed by atoms with E-state index in [2.05, 4.69) is 45.5 Å². The van der Waals surface area contributed by atoms with E-state index >= 15 is 0 Å². The highest BCUT2D eigenvalue weighted by Crippen LogP contribution is 2.29. The minimum Gasteiger partial charge on any atom is -0.337 e. The molecule has 144 valence electrons. The fourth-order valence-corrected chi connectivity index (χ4v) is 5.56. The Morgan fingerprint density at radius 2 is 2.00 bits per heavy atom. The number of carbonyl (C=O) groups excluding carboxylic acids is 1. The van der Waals surface area contributed by atoms with Gasteiger partial charge in [-0.15, -0.1) is 22.7 Å². The Bertz CT molecular complexity index is 1120. The molecule has 5 nitrogen and oxygen atoms in total. The number of amides is 1. The molecule has 7 heteroatoms. The number of hydrogen-bond acceptors (Lipinski definition) is 5. The van der Waals surface area contributed by atoms with Crippen LogP contribution in [0.3, 0.4) is 0 Å². The van der Waals surface area contributed by atoms with Crippen molar-refractivity contribution in [2.45, 2.75) is 19.9 Å². The van der Waals surface area contributed by atoms with Gasteiger partial charge in [-0.2, -0.15) is 0 Å². The number of benzene rings is 1. The van der Waals surface area contributed by atoms with Crippen LogP contribution >= 0.6 is 22.7 Å². The molecule has 0 spiro atoms. The van der Waals surface area contributed by atoms with Crippen LogP contribution in [0.15, 0.2) is 41.9 Å². The molecule has 5 rings (SSSR count). The number of hydrogen-bond donors (Lipinski definition) is 0. The SMILES string of the molecule is Cc1ccc(CN2CCCN(C(=O)c3cc4c(nc5sccn54)s3)CC2)cc1. The lowest BCUT2D eigenvalue weighted by Crippen LogP contribution is -2.34. The number of aromatic nitrogens is 2. The molecule has 1 aliphatic heterocycles. The predicted octanol–water partition coefficient (Wildman–Crippen LogP) is 4.27. The average molecular weight is 411 g/mol. The summed E-state index contributed by atoms with van der Waals surface area (Å²) in [6.45, 7) is 6.61. The Kier molecular flexibility index (Phi) is 4.66. The number of fused-ring (bicyclic) bond motifs is 3. The molecule has 0 atom stereocenters. The van der Waals surface area contributed by atoms with E-state index in [1.165, 1.54) is 22.5 Å². The summed E-state index contributed by atoms with van der Waals surface area (Å²) in [6.07, 6.45) is 3.03. The van der Waals surface area contributed by atoms with E-state index in [-0.39, 0.29) is 5.91 Å². The molecule has 4 heterocycles. The normalized spacial score (nSPS) is 16.1. The second-order valence-corrected chi connectivity index (χ2v) is 9.28. The molecule has 0 aliphatic carbocycles. The molecule has 0 unspecified atom stereocenters. The van der Waals surface area contributed by atoms with Crippen LogP contribution in [-0.4, -0.2) is 51.3 Å². The highest BCUT2D eigenvalue weighted by atomic mass is 32.1. The molecule has 1 aliphatic rings. The summed E-state index contributed by atoms with van der Waals surface area (Å²) in [4.78, 5) is 24.9. The number of carbonyl (C=O) groups is 1. The summed E-state index contributed by atoms with van der Waals surface area (Å²) in [7, 11) is 0. The molecule has 0 N–H and O–H groups in total. The van der Waals surface area contributed by atoms with Gasteiger partial charge >= 0.3 is 0 Å². The summed E-state index contributed by atoms with van der Waals surface area (Å²) in [5.74, 6) is 0.143. The lowest BCUT2D eigenvalue weighted by molar-refractivity contribution is 0.0766. The maximum absolute atomic E-state index is 13.1. The van der Waals surface area contributed by atoms with Gasteiger partial charge in [0.2, 0.25) is 0 Å². The second kappa shape index (κ2) is 7.31. The third-order valence-corrected chi connectivity index (χ3v) is 7.12. The Morgan fingerprint density at radius 1 is 1.14 bits per heavy atom. The first-order valence-electron chi connectivity index (χ1n) is 9.60. The van der Waals surface area contributed by atoms with Crippen molar-refractivity contribution in [2.75, 3.05) is 26.2 Å². The number of rotatable bonds is 3. The molecular weight excluding hydrogens is 388 g/mol. The van der Waals surface area contributed by atoms with Gasteiger partial charge in [0.1, 0.15) is 4.83 Å². The zero-order valence-corrected chi connectivity index (χ0v) is 17.4. The molecule has 3 aromatic heterocycles. The van der Waals surface area contributed by atoms with Crippen LogP contribution in [-0.2, 0) is 6.54 Å². The van der Waals surface area contributed by atoms with Crippen LogP contribution in [0.5, 0.6) is 0 Å². The Balaban J connectivity index is 1.28. The molecule has 1 saturated heterocycles. The van der Waals surface area contributed by atoms with Crippen LogP contribution in [0.25, 0.3) is 15.3 Å². The molecule has 1 fully saturated rings. The highest BCUT2D eigenvalue weighted by molar-refractivity contribution is 7.21. The molecule has 4 aromatic rings. The van der Waals surface area contributed by atoms with Crippen molar-refractivity contribution >= 4 is 43.9 Å². The molecule has 28 heavy (non-hydrogen) atoms. The van der Waals surface area contributed by atoms with Gasteiger partial charge < -0.3 is 4.90 Å². The van der Waals surface area contributed by atoms with E-state index in [1.54, 1.807) is 11.3 Å². The minimum atomic E-state index is 0.143. The zero-order chi connectivity index (χ0) is 19.1. The minimum absolute atomic E-state index is 0.143. The molecular formula is C21H22N4OS2. The van der Waals surface area contributed by atoms with Crippen LogP contribution in [0.2, 0.25) is 0 Å². The van der Waals surface area contributed by atoms with E-state index in [4.69, 9.17) is 0 Å². The standard InChI is InChI=1S/C21H22N4OS2/c1-15-3-5-16(6-4-15)14-23-7-2-8-24(10-9-23)20(26)18-13-17-19(28-18)22-21-25(17)11-12-27-21/h3-6,11-13H,2,7-10,14H2,1H3. The maximum Gasteiger partial charge on any atom is 0.264 e. The molecule has 1 aromatic carbocycles. The summed E-state index contributed by atoms with van der Waals surface area (Å²) >= 11 is 3.13. The first-order valence-corrected chi connectivity index (χ1v) is 11.3. The largest absolute Gasteiger partial charge is 0.337 e. The third-order valence-electron chi connectivity index (χ3n) is 5.35. The van der Waals surface area contributed by atoms with Gasteiger partial charge in [-0.3, -0.25) is 14.1 Å². The summed E-state index contributed by atoms with van der Waals surface area (Å²) in [5.41, 5.74) is 3.67.